The molecule has 0 aromatic carbocycles. The Labute approximate surface area is 116 Å². The molecule has 0 unspecified atom stereocenters. The van der Waals surface area contributed by atoms with Gasteiger partial charge in [0.05, 0.1) is 6.61 Å². The monoisotopic (exact) mass is 262 g/mol. The Morgan fingerprint density at radius 2 is 1.63 bits per heavy atom. The van der Waals surface area contributed by atoms with Crippen molar-refractivity contribution >= 4 is 5.97 Å². The van der Waals surface area contributed by atoms with E-state index in [1.54, 1.807) is 0 Å². The van der Waals surface area contributed by atoms with Crippen LogP contribution in [0.4, 0.5) is 0 Å². The van der Waals surface area contributed by atoms with Crippen LogP contribution < -0.4 is 0 Å². The molecule has 4 saturated carbocycles. The average molecular weight is 262 g/mol. The third kappa shape index (κ3) is 2.34. The van der Waals surface area contributed by atoms with Crippen LogP contribution in [0.25, 0.3) is 0 Å². The number of hydrogen-bond acceptors (Lipinski definition) is 2. The smallest absolute Gasteiger partial charge is 0.333 e. The second-order valence-corrected chi connectivity index (χ2v) is 7.67. The van der Waals surface area contributed by atoms with Gasteiger partial charge in [-0.2, -0.15) is 0 Å². The lowest BCUT2D eigenvalue weighted by Gasteiger charge is -2.57. The van der Waals surface area contributed by atoms with Crippen molar-refractivity contribution in [2.75, 3.05) is 6.61 Å². The molecule has 0 aromatic heterocycles. The van der Waals surface area contributed by atoms with Crippen LogP contribution in [-0.4, -0.2) is 12.6 Å². The third-order valence-electron chi connectivity index (χ3n) is 5.47. The minimum Gasteiger partial charge on any atom is -0.462 e. The van der Waals surface area contributed by atoms with E-state index in [9.17, 15) is 4.79 Å². The van der Waals surface area contributed by atoms with Gasteiger partial charge >= 0.3 is 5.97 Å². The Bertz CT molecular complexity index is 359. The van der Waals surface area contributed by atoms with Crippen LogP contribution in [0.3, 0.4) is 0 Å². The van der Waals surface area contributed by atoms with Gasteiger partial charge in [0, 0.05) is 11.0 Å². The highest BCUT2D eigenvalue weighted by atomic mass is 16.5. The minimum atomic E-state index is -0.129. The molecule has 4 aliphatic rings. The van der Waals surface area contributed by atoms with Gasteiger partial charge in [-0.05, 0) is 62.2 Å². The second kappa shape index (κ2) is 4.64. The lowest BCUT2D eigenvalue weighted by molar-refractivity contribution is -0.143. The van der Waals surface area contributed by atoms with Gasteiger partial charge in [0.15, 0.2) is 0 Å². The van der Waals surface area contributed by atoms with Gasteiger partial charge in [0.2, 0.25) is 0 Å². The van der Waals surface area contributed by atoms with Crippen LogP contribution >= 0.6 is 0 Å². The number of carbonyl (C=O) groups is 1. The molecule has 4 bridgehead atoms. The SMILES string of the molecule is C=C(C(=O)OCC(C)C)C12CC3CC(CC(C3)C1)C2. The van der Waals surface area contributed by atoms with Crippen molar-refractivity contribution in [2.45, 2.75) is 52.4 Å². The van der Waals surface area contributed by atoms with Gasteiger partial charge in [-0.3, -0.25) is 0 Å². The summed E-state index contributed by atoms with van der Waals surface area (Å²) in [5.74, 6) is 2.81. The first-order valence-electron chi connectivity index (χ1n) is 7.85. The maximum absolute atomic E-state index is 12.2. The highest BCUT2D eigenvalue weighted by Gasteiger charge is 2.53. The summed E-state index contributed by atoms with van der Waals surface area (Å²) >= 11 is 0. The summed E-state index contributed by atoms with van der Waals surface area (Å²) in [4.78, 5) is 12.2. The fourth-order valence-electron chi connectivity index (χ4n) is 5.03. The average Bonchev–Trinajstić information content (AvgIpc) is 2.33. The zero-order chi connectivity index (χ0) is 13.6. The van der Waals surface area contributed by atoms with Crippen LogP contribution in [0.15, 0.2) is 12.2 Å². The molecule has 106 valence electrons. The maximum Gasteiger partial charge on any atom is 0.333 e. The zero-order valence-electron chi connectivity index (χ0n) is 12.3. The van der Waals surface area contributed by atoms with Gasteiger partial charge in [0.1, 0.15) is 0 Å². The number of ether oxygens (including phenoxy) is 1. The van der Waals surface area contributed by atoms with Crippen molar-refractivity contribution in [3.05, 3.63) is 12.2 Å². The highest BCUT2D eigenvalue weighted by molar-refractivity contribution is 5.89. The van der Waals surface area contributed by atoms with E-state index in [0.29, 0.717) is 12.5 Å². The fraction of sp³-hybridized carbons (Fsp3) is 0.824. The van der Waals surface area contributed by atoms with Crippen molar-refractivity contribution < 1.29 is 9.53 Å². The largest absolute Gasteiger partial charge is 0.462 e. The van der Waals surface area contributed by atoms with Crippen LogP contribution in [0.5, 0.6) is 0 Å². The predicted octanol–water partition coefficient (Wildman–Crippen LogP) is 3.96. The van der Waals surface area contributed by atoms with Crippen LogP contribution in [0.1, 0.15) is 52.4 Å². The molecule has 4 rings (SSSR count). The zero-order valence-corrected chi connectivity index (χ0v) is 12.3. The van der Waals surface area contributed by atoms with Gasteiger partial charge in [-0.1, -0.05) is 20.4 Å². The quantitative estimate of drug-likeness (QED) is 0.566. The molecule has 2 heteroatoms. The molecule has 0 aromatic rings. The molecular weight excluding hydrogens is 236 g/mol. The number of carbonyl (C=O) groups excluding carboxylic acids is 1. The van der Waals surface area contributed by atoms with E-state index in [2.05, 4.69) is 20.4 Å². The molecule has 0 spiro atoms. The predicted molar refractivity (Wildman–Crippen MR) is 75.5 cm³/mol. The lowest BCUT2D eigenvalue weighted by Crippen LogP contribution is -2.48. The van der Waals surface area contributed by atoms with E-state index in [-0.39, 0.29) is 11.4 Å². The van der Waals surface area contributed by atoms with Crippen molar-refractivity contribution in [1.29, 1.82) is 0 Å². The molecule has 0 amide bonds. The molecule has 0 N–H and O–H groups in total. The summed E-state index contributed by atoms with van der Waals surface area (Å²) in [7, 11) is 0. The van der Waals surface area contributed by atoms with E-state index < -0.39 is 0 Å². The first kappa shape index (κ1) is 13.2. The van der Waals surface area contributed by atoms with E-state index >= 15 is 0 Å². The van der Waals surface area contributed by atoms with Crippen molar-refractivity contribution in [3.63, 3.8) is 0 Å². The molecule has 0 radical (unpaired) electrons. The van der Waals surface area contributed by atoms with E-state index in [1.165, 1.54) is 38.5 Å². The molecule has 4 aliphatic carbocycles. The van der Waals surface area contributed by atoms with Crippen molar-refractivity contribution in [3.8, 4) is 0 Å². The van der Waals surface area contributed by atoms with Gasteiger partial charge in [-0.25, -0.2) is 4.79 Å². The van der Waals surface area contributed by atoms with Gasteiger partial charge in [0.25, 0.3) is 0 Å². The van der Waals surface area contributed by atoms with Crippen LogP contribution in [0.2, 0.25) is 0 Å². The van der Waals surface area contributed by atoms with Gasteiger partial charge < -0.3 is 4.74 Å². The van der Waals surface area contributed by atoms with Crippen LogP contribution in [0, 0.1) is 29.1 Å². The Kier molecular flexibility index (Phi) is 3.23. The van der Waals surface area contributed by atoms with Crippen LogP contribution in [-0.2, 0) is 9.53 Å². The molecule has 0 heterocycles. The summed E-state index contributed by atoms with van der Waals surface area (Å²) in [6.07, 6.45) is 7.76. The first-order valence-corrected chi connectivity index (χ1v) is 7.85. The first-order chi connectivity index (χ1) is 8.98. The van der Waals surface area contributed by atoms with Crippen molar-refractivity contribution in [2.24, 2.45) is 29.1 Å². The molecular formula is C17H26O2. The Morgan fingerprint density at radius 3 is 2.05 bits per heavy atom. The molecule has 2 nitrogen and oxygen atoms in total. The van der Waals surface area contributed by atoms with E-state index in [1.807, 2.05) is 0 Å². The number of rotatable bonds is 4. The topological polar surface area (TPSA) is 26.3 Å². The lowest BCUT2D eigenvalue weighted by atomic mass is 9.48. The summed E-state index contributed by atoms with van der Waals surface area (Å²) in [5, 5.41) is 0. The standard InChI is InChI=1S/C17H26O2/c1-11(2)10-19-16(18)12(3)17-7-13-4-14(8-17)6-15(5-13)9-17/h11,13-15H,3-10H2,1-2H3. The second-order valence-electron chi connectivity index (χ2n) is 7.67. The summed E-state index contributed by atoms with van der Waals surface area (Å²) in [6, 6.07) is 0. The fourth-order valence-corrected chi connectivity index (χ4v) is 5.03. The molecule has 19 heavy (non-hydrogen) atoms. The molecule has 0 atom stereocenters. The Hall–Kier alpha value is -0.790. The molecule has 0 aliphatic heterocycles. The van der Waals surface area contributed by atoms with Crippen molar-refractivity contribution in [1.82, 2.24) is 0 Å². The Balaban J connectivity index is 1.70. The molecule has 4 fully saturated rings. The molecule has 0 saturated heterocycles. The summed E-state index contributed by atoms with van der Waals surface area (Å²) in [5.41, 5.74) is 0.885. The minimum absolute atomic E-state index is 0.100. The Morgan fingerprint density at radius 1 is 1.16 bits per heavy atom. The van der Waals surface area contributed by atoms with Gasteiger partial charge in [-0.15, -0.1) is 0 Å². The number of esters is 1. The van der Waals surface area contributed by atoms with E-state index in [0.717, 1.165) is 23.3 Å². The summed E-state index contributed by atoms with van der Waals surface area (Å²) in [6.45, 7) is 8.81. The van der Waals surface area contributed by atoms with E-state index in [4.69, 9.17) is 4.74 Å². The normalized spacial score (nSPS) is 39.6. The highest BCUT2D eigenvalue weighted by Crippen LogP contribution is 2.62. The number of hydrogen-bond donors (Lipinski definition) is 0. The third-order valence-corrected chi connectivity index (χ3v) is 5.47. The summed E-state index contributed by atoms with van der Waals surface area (Å²) < 4.78 is 5.42. The maximum atomic E-state index is 12.2.